The van der Waals surface area contributed by atoms with E-state index in [0.29, 0.717) is 16.8 Å². The van der Waals surface area contributed by atoms with E-state index >= 15 is 0 Å². The summed E-state index contributed by atoms with van der Waals surface area (Å²) in [6, 6.07) is 7.51. The Morgan fingerprint density at radius 1 is 1.14 bits per heavy atom. The van der Waals surface area contributed by atoms with Crippen molar-refractivity contribution in [2.24, 2.45) is 5.73 Å². The van der Waals surface area contributed by atoms with E-state index in [0.717, 1.165) is 12.1 Å². The third kappa shape index (κ3) is 4.78. The summed E-state index contributed by atoms with van der Waals surface area (Å²) in [4.78, 5) is 27.9. The van der Waals surface area contributed by atoms with E-state index in [9.17, 15) is 22.8 Å². The number of hydrogen-bond donors (Lipinski definition) is 2. The summed E-state index contributed by atoms with van der Waals surface area (Å²) in [5, 5.41) is 6.55. The molecule has 0 saturated carbocycles. The van der Waals surface area contributed by atoms with Gasteiger partial charge in [0.15, 0.2) is 0 Å². The lowest BCUT2D eigenvalue weighted by molar-refractivity contribution is -0.137. The summed E-state index contributed by atoms with van der Waals surface area (Å²) in [7, 11) is 0. The highest BCUT2D eigenvalue weighted by Crippen LogP contribution is 2.30. The molecule has 150 valence electrons. The summed E-state index contributed by atoms with van der Waals surface area (Å²) in [6.45, 7) is 1.60. The van der Waals surface area contributed by atoms with Crippen LogP contribution >= 0.6 is 0 Å². The first-order chi connectivity index (χ1) is 13.6. The van der Waals surface area contributed by atoms with Crippen molar-refractivity contribution < 1.29 is 22.8 Å². The van der Waals surface area contributed by atoms with Gasteiger partial charge in [0.25, 0.3) is 5.91 Å². The van der Waals surface area contributed by atoms with Gasteiger partial charge in [-0.15, -0.1) is 0 Å². The van der Waals surface area contributed by atoms with Crippen LogP contribution in [0.3, 0.4) is 0 Å². The number of nitrogens with zero attached hydrogens (tertiary/aromatic N) is 3. The highest BCUT2D eigenvalue weighted by atomic mass is 19.4. The number of pyridine rings is 1. The Bertz CT molecular complexity index is 1060. The molecule has 3 N–H and O–H groups in total. The smallest absolute Gasteiger partial charge is 0.368 e. The standard InChI is InChI=1S/C19H16F3N5O2/c1-11-2-7-15(12-8-24-27(9-12)10-16(23)28)26-17(11)18(29)25-14-5-3-13(4-6-14)19(20,21)22/h2-9H,10H2,1H3,(H2,23,28)(H,25,29). The van der Waals surface area contributed by atoms with Gasteiger partial charge in [0.1, 0.15) is 12.2 Å². The second kappa shape index (κ2) is 7.74. The van der Waals surface area contributed by atoms with Gasteiger partial charge >= 0.3 is 6.18 Å². The van der Waals surface area contributed by atoms with Gasteiger partial charge in [0.2, 0.25) is 5.91 Å². The van der Waals surface area contributed by atoms with Crippen molar-refractivity contribution in [1.82, 2.24) is 14.8 Å². The Morgan fingerprint density at radius 3 is 2.45 bits per heavy atom. The van der Waals surface area contributed by atoms with E-state index in [1.165, 1.54) is 23.0 Å². The summed E-state index contributed by atoms with van der Waals surface area (Å²) in [6.07, 6.45) is -1.40. The molecule has 7 nitrogen and oxygen atoms in total. The number of nitrogens with one attached hydrogen (secondary N) is 1. The topological polar surface area (TPSA) is 103 Å². The molecular weight excluding hydrogens is 387 g/mol. The Balaban J connectivity index is 1.81. The number of rotatable bonds is 5. The average molecular weight is 403 g/mol. The lowest BCUT2D eigenvalue weighted by atomic mass is 10.1. The molecule has 0 aliphatic rings. The normalized spacial score (nSPS) is 11.3. The highest BCUT2D eigenvalue weighted by Gasteiger charge is 2.30. The van der Waals surface area contributed by atoms with Gasteiger partial charge in [-0.05, 0) is 42.8 Å². The summed E-state index contributed by atoms with van der Waals surface area (Å²) in [5.41, 5.74) is 6.27. The molecule has 3 aromatic rings. The molecule has 29 heavy (non-hydrogen) atoms. The minimum Gasteiger partial charge on any atom is -0.368 e. The van der Waals surface area contributed by atoms with Crippen molar-refractivity contribution >= 4 is 17.5 Å². The SMILES string of the molecule is Cc1ccc(-c2cnn(CC(N)=O)c2)nc1C(=O)Nc1ccc(C(F)(F)F)cc1. The molecule has 2 heterocycles. The number of hydrogen-bond acceptors (Lipinski definition) is 4. The van der Waals surface area contributed by atoms with Gasteiger partial charge in [0.05, 0.1) is 17.5 Å². The zero-order valence-corrected chi connectivity index (χ0v) is 15.2. The van der Waals surface area contributed by atoms with Crippen LogP contribution in [0.5, 0.6) is 0 Å². The molecule has 3 rings (SSSR count). The Kier molecular flexibility index (Phi) is 5.35. The van der Waals surface area contributed by atoms with Gasteiger partial charge < -0.3 is 11.1 Å². The highest BCUT2D eigenvalue weighted by molar-refractivity contribution is 6.04. The van der Waals surface area contributed by atoms with Crippen molar-refractivity contribution in [2.45, 2.75) is 19.6 Å². The van der Waals surface area contributed by atoms with Gasteiger partial charge in [-0.25, -0.2) is 4.98 Å². The Labute approximate surface area is 163 Å². The maximum atomic E-state index is 12.6. The molecule has 0 spiro atoms. The van der Waals surface area contributed by atoms with E-state index in [1.54, 1.807) is 25.3 Å². The van der Waals surface area contributed by atoms with Crippen LogP contribution in [-0.2, 0) is 17.5 Å². The number of benzene rings is 1. The molecular formula is C19H16F3N5O2. The number of primary amides is 1. The molecule has 0 bridgehead atoms. The van der Waals surface area contributed by atoms with E-state index in [4.69, 9.17) is 5.73 Å². The minimum atomic E-state index is -4.45. The van der Waals surface area contributed by atoms with Crippen molar-refractivity contribution in [3.8, 4) is 11.3 Å². The van der Waals surface area contributed by atoms with Crippen LogP contribution in [0.4, 0.5) is 18.9 Å². The van der Waals surface area contributed by atoms with Crippen LogP contribution in [0.1, 0.15) is 21.6 Å². The lowest BCUT2D eigenvalue weighted by Gasteiger charge is -2.10. The number of alkyl halides is 3. The fraction of sp³-hybridized carbons (Fsp3) is 0.158. The second-order valence-electron chi connectivity index (χ2n) is 6.28. The van der Waals surface area contributed by atoms with Crippen molar-refractivity contribution in [3.05, 3.63) is 65.6 Å². The van der Waals surface area contributed by atoms with Crippen LogP contribution in [0.2, 0.25) is 0 Å². The molecule has 1 aromatic carbocycles. The third-order valence-corrected chi connectivity index (χ3v) is 4.03. The fourth-order valence-corrected chi connectivity index (χ4v) is 2.59. The Morgan fingerprint density at radius 2 is 1.83 bits per heavy atom. The maximum Gasteiger partial charge on any atom is 0.416 e. The first-order valence-electron chi connectivity index (χ1n) is 8.41. The van der Waals surface area contributed by atoms with Crippen LogP contribution in [0.25, 0.3) is 11.3 Å². The molecule has 0 aliphatic carbocycles. The fourth-order valence-electron chi connectivity index (χ4n) is 2.59. The van der Waals surface area contributed by atoms with Crippen LogP contribution in [0.15, 0.2) is 48.8 Å². The number of aromatic nitrogens is 3. The Hall–Kier alpha value is -3.69. The average Bonchev–Trinajstić information content (AvgIpc) is 3.09. The van der Waals surface area contributed by atoms with Gasteiger partial charge in [-0.2, -0.15) is 18.3 Å². The minimum absolute atomic E-state index is 0.0902. The first-order valence-corrected chi connectivity index (χ1v) is 8.41. The third-order valence-electron chi connectivity index (χ3n) is 4.03. The van der Waals surface area contributed by atoms with Crippen molar-refractivity contribution in [1.29, 1.82) is 0 Å². The molecule has 10 heteroatoms. The molecule has 0 atom stereocenters. The first kappa shape index (κ1) is 20.1. The van der Waals surface area contributed by atoms with E-state index in [1.807, 2.05) is 0 Å². The number of amides is 2. The zero-order valence-electron chi connectivity index (χ0n) is 15.2. The zero-order chi connectivity index (χ0) is 21.2. The van der Waals surface area contributed by atoms with Crippen LogP contribution in [0, 0.1) is 6.92 Å². The van der Waals surface area contributed by atoms with Crippen LogP contribution in [-0.4, -0.2) is 26.6 Å². The molecule has 0 radical (unpaired) electrons. The molecule has 2 aromatic heterocycles. The summed E-state index contributed by atoms with van der Waals surface area (Å²) in [5.74, 6) is -1.11. The number of halogens is 3. The summed E-state index contributed by atoms with van der Waals surface area (Å²) < 4.78 is 39.3. The molecule has 2 amide bonds. The predicted octanol–water partition coefficient (Wildman–Crippen LogP) is 3.01. The number of carbonyl (C=O) groups excluding carboxylic acids is 2. The molecule has 0 saturated heterocycles. The molecule has 0 aliphatic heterocycles. The van der Waals surface area contributed by atoms with Crippen LogP contribution < -0.4 is 11.1 Å². The van der Waals surface area contributed by atoms with E-state index < -0.39 is 23.6 Å². The van der Waals surface area contributed by atoms with Gasteiger partial charge in [-0.1, -0.05) is 6.07 Å². The van der Waals surface area contributed by atoms with E-state index in [2.05, 4.69) is 15.4 Å². The molecule has 0 fully saturated rings. The largest absolute Gasteiger partial charge is 0.416 e. The number of anilines is 1. The molecule has 0 unspecified atom stereocenters. The number of aryl methyl sites for hydroxylation is 1. The lowest BCUT2D eigenvalue weighted by Crippen LogP contribution is -2.18. The van der Waals surface area contributed by atoms with Gasteiger partial charge in [-0.3, -0.25) is 14.3 Å². The van der Waals surface area contributed by atoms with Crippen molar-refractivity contribution in [3.63, 3.8) is 0 Å². The predicted molar refractivity (Wildman–Crippen MR) is 98.8 cm³/mol. The van der Waals surface area contributed by atoms with Crippen molar-refractivity contribution in [2.75, 3.05) is 5.32 Å². The summed E-state index contributed by atoms with van der Waals surface area (Å²) >= 11 is 0. The van der Waals surface area contributed by atoms with E-state index in [-0.39, 0.29) is 17.9 Å². The monoisotopic (exact) mass is 403 g/mol. The number of nitrogens with two attached hydrogens (primary N) is 1. The van der Waals surface area contributed by atoms with Gasteiger partial charge in [0, 0.05) is 17.4 Å². The number of carbonyl (C=O) groups is 2. The maximum absolute atomic E-state index is 12.6. The quantitative estimate of drug-likeness (QED) is 0.684. The second-order valence-corrected chi connectivity index (χ2v) is 6.28.